The molecular weight excluding hydrogens is 416 g/mol. The van der Waals surface area contributed by atoms with Crippen LogP contribution in [0.3, 0.4) is 0 Å². The molecule has 0 bridgehead atoms. The molecule has 0 amide bonds. The minimum atomic E-state index is -3.61. The normalized spacial score (nSPS) is 14.6. The largest absolute Gasteiger partial charge is 0.468 e. The highest BCUT2D eigenvalue weighted by atomic mass is 32.2. The topological polar surface area (TPSA) is 77.8 Å². The number of aromatic nitrogens is 1. The second kappa shape index (κ2) is 10.6. The van der Waals surface area contributed by atoms with Crippen LogP contribution < -0.4 is 0 Å². The molecule has 1 saturated heterocycles. The van der Waals surface area contributed by atoms with Crippen molar-refractivity contribution in [3.8, 4) is 0 Å². The lowest BCUT2D eigenvalue weighted by atomic mass is 10.1. The first-order chi connectivity index (χ1) is 15.0. The number of morpholine rings is 1. The summed E-state index contributed by atoms with van der Waals surface area (Å²) < 4.78 is 37.0. The Balaban J connectivity index is 0.000000491. The molecule has 2 aromatic carbocycles. The first kappa shape index (κ1) is 23.0. The molecule has 1 aliphatic heterocycles. The molecule has 0 N–H and O–H groups in total. The number of aryl methyl sites for hydroxylation is 1. The van der Waals surface area contributed by atoms with E-state index in [2.05, 4.69) is 15.7 Å². The summed E-state index contributed by atoms with van der Waals surface area (Å²) in [6.45, 7) is 8.72. The van der Waals surface area contributed by atoms with Gasteiger partial charge >= 0.3 is 0 Å². The first-order valence-corrected chi connectivity index (χ1v) is 11.7. The molecule has 0 radical (unpaired) electrons. The van der Waals surface area contributed by atoms with Crippen molar-refractivity contribution in [1.29, 1.82) is 0 Å². The molecule has 1 fully saturated rings. The zero-order valence-electron chi connectivity index (χ0n) is 17.9. The number of carbonyl (C=O) groups is 1. The van der Waals surface area contributed by atoms with E-state index in [-0.39, 0.29) is 0 Å². The van der Waals surface area contributed by atoms with Gasteiger partial charge in [0.2, 0.25) is 0 Å². The number of fused-ring (bicyclic) bond motifs is 1. The Bertz CT molecular complexity index is 1100. The van der Waals surface area contributed by atoms with Crippen molar-refractivity contribution in [2.75, 3.05) is 32.9 Å². The number of carbonyl (C=O) groups excluding carboxylic acids is 1. The Morgan fingerprint density at radius 1 is 1.06 bits per heavy atom. The minimum absolute atomic E-state index is 0.305. The zero-order chi connectivity index (χ0) is 22.3. The predicted octanol–water partition coefficient (Wildman–Crippen LogP) is 3.20. The highest BCUT2D eigenvalue weighted by Gasteiger charge is 2.19. The van der Waals surface area contributed by atoms with Crippen LogP contribution in [0.2, 0.25) is 0 Å². The number of rotatable bonds is 6. The van der Waals surface area contributed by atoms with Gasteiger partial charge in [-0.1, -0.05) is 29.8 Å². The summed E-state index contributed by atoms with van der Waals surface area (Å²) in [5, 5.41) is 0.923. The Kier molecular flexibility index (Phi) is 7.84. The summed E-state index contributed by atoms with van der Waals surface area (Å²) in [6.07, 6.45) is 1.64. The highest BCUT2D eigenvalue weighted by Crippen LogP contribution is 2.24. The molecule has 8 heteroatoms. The summed E-state index contributed by atoms with van der Waals surface area (Å²) >= 11 is 0. The molecule has 7 nitrogen and oxygen atoms in total. The van der Waals surface area contributed by atoms with E-state index in [1.54, 1.807) is 25.3 Å². The third-order valence-corrected chi connectivity index (χ3v) is 6.75. The maximum atomic E-state index is 13.1. The van der Waals surface area contributed by atoms with E-state index in [0.29, 0.717) is 18.0 Å². The van der Waals surface area contributed by atoms with Crippen LogP contribution in [0, 0.1) is 6.92 Å². The fraction of sp³-hybridized carbons (Fsp3) is 0.348. The molecule has 1 aliphatic rings. The molecule has 4 rings (SSSR count). The standard InChI is InChI=1S/C20H22N2O3S.C3H6O2/c1-16-2-6-19(7-3-16)26(23,24)22-9-8-18-5-4-17(14-20(18)22)15-21-10-12-25-13-11-21;1-2-5-3-4/h2-9,14H,10-13,15H2,1H3;3H,2H2,1H3. The molecule has 2 heterocycles. The summed E-state index contributed by atoms with van der Waals surface area (Å²) in [7, 11) is -3.61. The van der Waals surface area contributed by atoms with Crippen molar-refractivity contribution in [2.24, 2.45) is 0 Å². The SMILES string of the molecule is CCOC=O.Cc1ccc(S(=O)(=O)n2ccc3ccc(CN4CCOCC4)cc32)cc1. The van der Waals surface area contributed by atoms with Crippen molar-refractivity contribution in [3.05, 3.63) is 65.9 Å². The molecule has 31 heavy (non-hydrogen) atoms. The van der Waals surface area contributed by atoms with Crippen molar-refractivity contribution in [3.63, 3.8) is 0 Å². The number of benzene rings is 2. The lowest BCUT2D eigenvalue weighted by molar-refractivity contribution is -0.128. The predicted molar refractivity (Wildman–Crippen MR) is 119 cm³/mol. The monoisotopic (exact) mass is 444 g/mol. The Labute approximate surface area is 183 Å². The van der Waals surface area contributed by atoms with E-state index in [0.717, 1.165) is 54.9 Å². The molecule has 0 aliphatic carbocycles. The number of hydrogen-bond donors (Lipinski definition) is 0. The van der Waals surface area contributed by atoms with Gasteiger partial charge in [0.15, 0.2) is 0 Å². The lowest BCUT2D eigenvalue weighted by Crippen LogP contribution is -2.35. The van der Waals surface area contributed by atoms with Crippen molar-refractivity contribution in [2.45, 2.75) is 25.3 Å². The van der Waals surface area contributed by atoms with Gasteiger partial charge in [0.1, 0.15) is 0 Å². The van der Waals surface area contributed by atoms with Gasteiger partial charge in [-0.15, -0.1) is 0 Å². The fourth-order valence-electron chi connectivity index (χ4n) is 3.37. The fourth-order valence-corrected chi connectivity index (χ4v) is 4.71. The Morgan fingerprint density at radius 2 is 1.77 bits per heavy atom. The van der Waals surface area contributed by atoms with Crippen molar-refractivity contribution < 1.29 is 22.7 Å². The molecule has 0 unspecified atom stereocenters. The van der Waals surface area contributed by atoms with E-state index in [1.807, 2.05) is 37.3 Å². The molecule has 3 aromatic rings. The van der Waals surface area contributed by atoms with Crippen LogP contribution in [-0.4, -0.2) is 56.7 Å². The Hall–Kier alpha value is -2.68. The van der Waals surface area contributed by atoms with Crippen LogP contribution in [0.15, 0.2) is 59.6 Å². The summed E-state index contributed by atoms with van der Waals surface area (Å²) in [5.74, 6) is 0. The van der Waals surface area contributed by atoms with E-state index in [9.17, 15) is 13.2 Å². The van der Waals surface area contributed by atoms with Crippen molar-refractivity contribution in [1.82, 2.24) is 8.87 Å². The van der Waals surface area contributed by atoms with Gasteiger partial charge < -0.3 is 9.47 Å². The van der Waals surface area contributed by atoms with Gasteiger partial charge in [-0.2, -0.15) is 0 Å². The van der Waals surface area contributed by atoms with E-state index < -0.39 is 10.0 Å². The number of hydrogen-bond acceptors (Lipinski definition) is 6. The van der Waals surface area contributed by atoms with Crippen LogP contribution in [0.25, 0.3) is 10.9 Å². The second-order valence-corrected chi connectivity index (χ2v) is 9.08. The van der Waals surface area contributed by atoms with Crippen LogP contribution in [0.1, 0.15) is 18.1 Å². The number of nitrogens with zero attached hydrogens (tertiary/aromatic N) is 2. The molecule has 0 atom stereocenters. The van der Waals surface area contributed by atoms with E-state index >= 15 is 0 Å². The zero-order valence-corrected chi connectivity index (χ0v) is 18.7. The summed E-state index contributed by atoms with van der Waals surface area (Å²) in [4.78, 5) is 11.8. The summed E-state index contributed by atoms with van der Waals surface area (Å²) in [6, 6.07) is 14.9. The molecule has 166 valence electrons. The quantitative estimate of drug-likeness (QED) is 0.544. The second-order valence-electron chi connectivity index (χ2n) is 7.26. The third kappa shape index (κ3) is 5.72. The first-order valence-electron chi connectivity index (χ1n) is 10.2. The highest BCUT2D eigenvalue weighted by molar-refractivity contribution is 7.90. The number of ether oxygens (including phenoxy) is 2. The van der Waals surface area contributed by atoms with E-state index in [1.165, 1.54) is 3.97 Å². The molecule has 1 aromatic heterocycles. The van der Waals surface area contributed by atoms with Gasteiger partial charge in [-0.05, 0) is 43.7 Å². The molecule has 0 spiro atoms. The third-order valence-electron chi connectivity index (χ3n) is 5.04. The van der Waals surface area contributed by atoms with Crippen molar-refractivity contribution >= 4 is 27.4 Å². The van der Waals surface area contributed by atoms with Gasteiger partial charge in [-0.3, -0.25) is 9.69 Å². The van der Waals surface area contributed by atoms with Gasteiger partial charge in [-0.25, -0.2) is 12.4 Å². The average molecular weight is 445 g/mol. The Morgan fingerprint density at radius 3 is 2.39 bits per heavy atom. The molecular formula is C23H28N2O5S. The van der Waals surface area contributed by atoms with Gasteiger partial charge in [0, 0.05) is 31.2 Å². The van der Waals surface area contributed by atoms with Crippen LogP contribution in [0.5, 0.6) is 0 Å². The van der Waals surface area contributed by atoms with Gasteiger partial charge in [0.25, 0.3) is 16.5 Å². The van der Waals surface area contributed by atoms with Gasteiger partial charge in [0.05, 0.1) is 30.2 Å². The van der Waals surface area contributed by atoms with Crippen LogP contribution in [0.4, 0.5) is 0 Å². The lowest BCUT2D eigenvalue weighted by Gasteiger charge is -2.26. The summed E-state index contributed by atoms with van der Waals surface area (Å²) in [5.41, 5.74) is 2.86. The molecule has 0 saturated carbocycles. The maximum Gasteiger partial charge on any atom is 0.293 e. The smallest absolute Gasteiger partial charge is 0.293 e. The van der Waals surface area contributed by atoms with Crippen LogP contribution >= 0.6 is 0 Å². The van der Waals surface area contributed by atoms with Crippen LogP contribution in [-0.2, 0) is 30.8 Å². The minimum Gasteiger partial charge on any atom is -0.468 e. The maximum absolute atomic E-state index is 13.1. The van der Waals surface area contributed by atoms with E-state index in [4.69, 9.17) is 4.74 Å². The average Bonchev–Trinajstić information content (AvgIpc) is 3.20.